The Morgan fingerprint density at radius 3 is 2.50 bits per heavy atom. The van der Waals surface area contributed by atoms with Gasteiger partial charge in [-0.2, -0.15) is 0 Å². The largest absolute Gasteiger partial charge is 0.496 e. The summed E-state index contributed by atoms with van der Waals surface area (Å²) < 4.78 is 9.69. The van der Waals surface area contributed by atoms with Crippen LogP contribution in [0.2, 0.25) is 0 Å². The molecule has 76 valence electrons. The normalized spacial score (nSPS) is 9.64. The highest BCUT2D eigenvalue weighted by Crippen LogP contribution is 2.26. The van der Waals surface area contributed by atoms with E-state index >= 15 is 0 Å². The number of benzene rings is 1. The van der Waals surface area contributed by atoms with Crippen LogP contribution in [0.3, 0.4) is 0 Å². The van der Waals surface area contributed by atoms with Crippen molar-refractivity contribution in [1.29, 1.82) is 0 Å². The third-order valence-electron chi connectivity index (χ3n) is 2.08. The number of esters is 1. The van der Waals surface area contributed by atoms with Gasteiger partial charge in [-0.05, 0) is 24.6 Å². The Morgan fingerprint density at radius 1 is 1.36 bits per heavy atom. The fourth-order valence-electron chi connectivity index (χ4n) is 1.23. The van der Waals surface area contributed by atoms with Gasteiger partial charge < -0.3 is 15.2 Å². The van der Waals surface area contributed by atoms with Crippen molar-refractivity contribution in [2.24, 2.45) is 0 Å². The van der Waals surface area contributed by atoms with Gasteiger partial charge in [0.2, 0.25) is 0 Å². The minimum atomic E-state index is -0.438. The Morgan fingerprint density at radius 2 is 2.00 bits per heavy atom. The van der Waals surface area contributed by atoms with Gasteiger partial charge in [0, 0.05) is 5.69 Å². The maximum Gasteiger partial charge on any atom is 0.341 e. The first kappa shape index (κ1) is 10.4. The predicted octanol–water partition coefficient (Wildman–Crippen LogP) is 1.37. The molecule has 14 heavy (non-hydrogen) atoms. The first-order valence-corrected chi connectivity index (χ1v) is 4.13. The molecule has 0 bridgehead atoms. The number of hydrogen-bond donors (Lipinski definition) is 1. The minimum Gasteiger partial charge on any atom is -0.496 e. The molecule has 1 aromatic rings. The van der Waals surface area contributed by atoms with Crippen LogP contribution in [-0.4, -0.2) is 20.2 Å². The number of rotatable bonds is 2. The van der Waals surface area contributed by atoms with Crippen LogP contribution < -0.4 is 10.5 Å². The smallest absolute Gasteiger partial charge is 0.341 e. The van der Waals surface area contributed by atoms with Crippen LogP contribution in [0.5, 0.6) is 5.75 Å². The highest BCUT2D eigenvalue weighted by molar-refractivity contribution is 5.95. The van der Waals surface area contributed by atoms with E-state index in [9.17, 15) is 4.79 Å². The number of methoxy groups -OCH3 is 2. The Bertz CT molecular complexity index is 361. The van der Waals surface area contributed by atoms with E-state index in [0.717, 1.165) is 0 Å². The number of nitrogen functional groups attached to an aromatic ring is 1. The van der Waals surface area contributed by atoms with Crippen LogP contribution in [0.1, 0.15) is 15.9 Å². The second kappa shape index (κ2) is 4.00. The molecule has 0 aromatic heterocycles. The van der Waals surface area contributed by atoms with Gasteiger partial charge in [-0.1, -0.05) is 0 Å². The zero-order valence-electron chi connectivity index (χ0n) is 8.46. The number of carbonyl (C=O) groups is 1. The first-order chi connectivity index (χ1) is 6.61. The van der Waals surface area contributed by atoms with Gasteiger partial charge in [-0.3, -0.25) is 0 Å². The van der Waals surface area contributed by atoms with E-state index in [1.165, 1.54) is 14.2 Å². The van der Waals surface area contributed by atoms with Crippen molar-refractivity contribution >= 4 is 11.7 Å². The second-order valence-electron chi connectivity index (χ2n) is 2.85. The monoisotopic (exact) mass is 195 g/mol. The molecule has 0 spiro atoms. The molecule has 0 saturated carbocycles. The average Bonchev–Trinajstić information content (AvgIpc) is 2.20. The third-order valence-corrected chi connectivity index (χ3v) is 2.08. The van der Waals surface area contributed by atoms with Crippen molar-refractivity contribution in [3.63, 3.8) is 0 Å². The lowest BCUT2D eigenvalue weighted by molar-refractivity contribution is 0.0596. The molecule has 1 aromatic carbocycles. The molecule has 0 saturated heterocycles. The van der Waals surface area contributed by atoms with Crippen molar-refractivity contribution in [3.8, 4) is 5.75 Å². The van der Waals surface area contributed by atoms with E-state index in [2.05, 4.69) is 4.74 Å². The van der Waals surface area contributed by atoms with Crippen LogP contribution in [0, 0.1) is 6.92 Å². The van der Waals surface area contributed by atoms with E-state index in [1.54, 1.807) is 19.1 Å². The van der Waals surface area contributed by atoms with Crippen molar-refractivity contribution in [1.82, 2.24) is 0 Å². The maximum atomic E-state index is 11.4. The summed E-state index contributed by atoms with van der Waals surface area (Å²) in [4.78, 5) is 11.4. The third kappa shape index (κ3) is 1.64. The second-order valence-corrected chi connectivity index (χ2v) is 2.85. The topological polar surface area (TPSA) is 61.5 Å². The molecule has 0 aliphatic carbocycles. The summed E-state index contributed by atoms with van der Waals surface area (Å²) in [5.41, 5.74) is 7.28. The summed E-state index contributed by atoms with van der Waals surface area (Å²) in [5.74, 6) is 0.0372. The number of anilines is 1. The van der Waals surface area contributed by atoms with E-state index in [1.807, 2.05) is 0 Å². The van der Waals surface area contributed by atoms with Crippen molar-refractivity contribution in [2.45, 2.75) is 6.92 Å². The molecule has 0 aliphatic heterocycles. The van der Waals surface area contributed by atoms with Gasteiger partial charge in [0.1, 0.15) is 11.3 Å². The van der Waals surface area contributed by atoms with Crippen LogP contribution in [-0.2, 0) is 4.74 Å². The van der Waals surface area contributed by atoms with Crippen LogP contribution in [0.4, 0.5) is 5.69 Å². The summed E-state index contributed by atoms with van der Waals surface area (Å²) >= 11 is 0. The lowest BCUT2D eigenvalue weighted by Crippen LogP contribution is -2.08. The Hall–Kier alpha value is -1.71. The Labute approximate surface area is 82.6 Å². The summed E-state index contributed by atoms with van der Waals surface area (Å²) in [6.07, 6.45) is 0. The Kier molecular flexibility index (Phi) is 2.96. The molecule has 4 heteroatoms. The molecule has 0 radical (unpaired) electrons. The van der Waals surface area contributed by atoms with Crippen molar-refractivity contribution < 1.29 is 14.3 Å². The fourth-order valence-corrected chi connectivity index (χ4v) is 1.23. The number of hydrogen-bond acceptors (Lipinski definition) is 4. The summed E-state index contributed by atoms with van der Waals surface area (Å²) in [6.45, 7) is 1.75. The molecule has 2 N–H and O–H groups in total. The highest BCUT2D eigenvalue weighted by Gasteiger charge is 2.17. The van der Waals surface area contributed by atoms with Crippen LogP contribution in [0.25, 0.3) is 0 Å². The molecule has 0 amide bonds. The van der Waals surface area contributed by atoms with Gasteiger partial charge in [0.15, 0.2) is 0 Å². The van der Waals surface area contributed by atoms with Gasteiger partial charge in [-0.25, -0.2) is 4.79 Å². The number of nitrogens with two attached hydrogens (primary N) is 1. The summed E-state index contributed by atoms with van der Waals surface area (Å²) in [7, 11) is 2.82. The fraction of sp³-hybridized carbons (Fsp3) is 0.300. The van der Waals surface area contributed by atoms with Crippen LogP contribution in [0.15, 0.2) is 12.1 Å². The van der Waals surface area contributed by atoms with Gasteiger partial charge in [-0.15, -0.1) is 0 Å². The predicted molar refractivity (Wildman–Crippen MR) is 53.5 cm³/mol. The first-order valence-electron chi connectivity index (χ1n) is 4.13. The van der Waals surface area contributed by atoms with Gasteiger partial charge in [0.05, 0.1) is 14.2 Å². The van der Waals surface area contributed by atoms with Crippen molar-refractivity contribution in [3.05, 3.63) is 23.3 Å². The number of carbonyl (C=O) groups excluding carboxylic acids is 1. The van der Waals surface area contributed by atoms with E-state index < -0.39 is 5.97 Å². The molecule has 0 fully saturated rings. The lowest BCUT2D eigenvalue weighted by Gasteiger charge is -2.11. The average molecular weight is 195 g/mol. The van der Waals surface area contributed by atoms with E-state index in [-0.39, 0.29) is 0 Å². The standard InChI is InChI=1S/C10H13NO3/c1-6-7(11)4-5-8(13-2)9(6)10(12)14-3/h4-5H,11H2,1-3H3. The molecule has 1 rings (SSSR count). The molecule has 0 atom stereocenters. The molecule has 0 unspecified atom stereocenters. The quantitative estimate of drug-likeness (QED) is 0.572. The highest BCUT2D eigenvalue weighted by atomic mass is 16.5. The summed E-state index contributed by atoms with van der Waals surface area (Å²) in [5, 5.41) is 0. The minimum absolute atomic E-state index is 0.384. The van der Waals surface area contributed by atoms with E-state index in [4.69, 9.17) is 10.5 Å². The Balaban J connectivity index is 3.35. The SMILES string of the molecule is COC(=O)c1c(OC)ccc(N)c1C. The maximum absolute atomic E-state index is 11.4. The van der Waals surface area contributed by atoms with E-state index in [0.29, 0.717) is 22.6 Å². The van der Waals surface area contributed by atoms with Crippen LogP contribution >= 0.6 is 0 Å². The zero-order valence-corrected chi connectivity index (χ0v) is 8.46. The molecule has 0 aliphatic rings. The molecule has 0 heterocycles. The van der Waals surface area contributed by atoms with Gasteiger partial charge in [0.25, 0.3) is 0 Å². The molecule has 4 nitrogen and oxygen atoms in total. The molecular formula is C10H13NO3. The zero-order chi connectivity index (χ0) is 10.7. The van der Waals surface area contributed by atoms with Crippen molar-refractivity contribution in [2.75, 3.05) is 20.0 Å². The van der Waals surface area contributed by atoms with Gasteiger partial charge >= 0.3 is 5.97 Å². The number of ether oxygens (including phenoxy) is 2. The lowest BCUT2D eigenvalue weighted by atomic mass is 10.1. The summed E-state index contributed by atoms with van der Waals surface area (Å²) in [6, 6.07) is 3.34. The molecular weight excluding hydrogens is 182 g/mol.